The number of amides is 1. The van der Waals surface area contributed by atoms with Crippen LogP contribution in [0.5, 0.6) is 0 Å². The Morgan fingerprint density at radius 1 is 1.26 bits per heavy atom. The fourth-order valence-electron chi connectivity index (χ4n) is 1.99. The number of aromatic nitrogens is 1. The van der Waals surface area contributed by atoms with Crippen molar-refractivity contribution in [1.29, 1.82) is 0 Å². The summed E-state index contributed by atoms with van der Waals surface area (Å²) in [7, 11) is 0. The number of carbonyl (C=O) groups is 1. The van der Waals surface area contributed by atoms with Gasteiger partial charge in [-0.2, -0.15) is 0 Å². The standard InChI is InChI=1S/C15H25N3O/c1-3-4-5-6-7-8-9-14(19)18-15-12(2)10-13(16)11-17-15/h10-11H,3-9,16H2,1-2H3,(H,17,18,19). The van der Waals surface area contributed by atoms with E-state index in [0.29, 0.717) is 17.9 Å². The van der Waals surface area contributed by atoms with E-state index < -0.39 is 0 Å². The second-order valence-electron chi connectivity index (χ2n) is 5.00. The first-order valence-corrected chi connectivity index (χ1v) is 7.15. The van der Waals surface area contributed by atoms with Gasteiger partial charge in [0, 0.05) is 6.42 Å². The van der Waals surface area contributed by atoms with Crippen molar-refractivity contribution in [2.45, 2.75) is 58.8 Å². The number of rotatable bonds is 8. The first-order valence-electron chi connectivity index (χ1n) is 7.15. The van der Waals surface area contributed by atoms with E-state index in [9.17, 15) is 4.79 Å². The molecule has 0 aliphatic rings. The molecule has 1 heterocycles. The Balaban J connectivity index is 2.23. The van der Waals surface area contributed by atoms with E-state index in [4.69, 9.17) is 5.73 Å². The van der Waals surface area contributed by atoms with Crippen LogP contribution in [0.3, 0.4) is 0 Å². The third-order valence-electron chi connectivity index (χ3n) is 3.11. The van der Waals surface area contributed by atoms with Crippen LogP contribution in [0.1, 0.15) is 57.4 Å². The molecule has 0 fully saturated rings. The maximum atomic E-state index is 11.8. The first-order chi connectivity index (χ1) is 9.13. The van der Waals surface area contributed by atoms with E-state index >= 15 is 0 Å². The van der Waals surface area contributed by atoms with Crippen molar-refractivity contribution in [2.24, 2.45) is 0 Å². The lowest BCUT2D eigenvalue weighted by atomic mass is 10.1. The fraction of sp³-hybridized carbons (Fsp3) is 0.600. The average molecular weight is 263 g/mol. The summed E-state index contributed by atoms with van der Waals surface area (Å²) in [6, 6.07) is 1.81. The lowest BCUT2D eigenvalue weighted by molar-refractivity contribution is -0.116. The van der Waals surface area contributed by atoms with Gasteiger partial charge in [0.25, 0.3) is 0 Å². The minimum atomic E-state index is 0.0378. The van der Waals surface area contributed by atoms with Gasteiger partial charge in [0.2, 0.25) is 5.91 Å². The first kappa shape index (κ1) is 15.5. The molecule has 19 heavy (non-hydrogen) atoms. The summed E-state index contributed by atoms with van der Waals surface area (Å²) in [6.07, 6.45) is 9.25. The molecule has 0 spiro atoms. The summed E-state index contributed by atoms with van der Waals surface area (Å²) < 4.78 is 0. The van der Waals surface area contributed by atoms with Gasteiger partial charge in [0.1, 0.15) is 5.82 Å². The summed E-state index contributed by atoms with van der Waals surface area (Å²) >= 11 is 0. The Bertz CT molecular complexity index is 404. The van der Waals surface area contributed by atoms with Gasteiger partial charge in [-0.3, -0.25) is 4.79 Å². The Labute approximate surface area is 115 Å². The van der Waals surface area contributed by atoms with Crippen LogP contribution in [-0.4, -0.2) is 10.9 Å². The summed E-state index contributed by atoms with van der Waals surface area (Å²) in [5.41, 5.74) is 7.14. The fourth-order valence-corrected chi connectivity index (χ4v) is 1.99. The quantitative estimate of drug-likeness (QED) is 0.703. The molecule has 0 atom stereocenters. The van der Waals surface area contributed by atoms with Gasteiger partial charge in [0.05, 0.1) is 11.9 Å². The highest BCUT2D eigenvalue weighted by Gasteiger charge is 2.05. The number of nitrogens with two attached hydrogens (primary N) is 1. The molecule has 1 amide bonds. The van der Waals surface area contributed by atoms with Crippen LogP contribution in [0, 0.1) is 6.92 Å². The summed E-state index contributed by atoms with van der Waals surface area (Å²) in [5, 5.41) is 2.83. The summed E-state index contributed by atoms with van der Waals surface area (Å²) in [6.45, 7) is 4.10. The van der Waals surface area contributed by atoms with Gasteiger partial charge in [-0.05, 0) is 25.0 Å². The number of nitrogens with zero attached hydrogens (tertiary/aromatic N) is 1. The number of pyridine rings is 1. The highest BCUT2D eigenvalue weighted by molar-refractivity contribution is 5.90. The molecule has 1 aromatic heterocycles. The Morgan fingerprint density at radius 3 is 2.63 bits per heavy atom. The molecule has 0 radical (unpaired) electrons. The van der Waals surface area contributed by atoms with Gasteiger partial charge >= 0.3 is 0 Å². The molecule has 0 aliphatic carbocycles. The third-order valence-corrected chi connectivity index (χ3v) is 3.11. The van der Waals surface area contributed by atoms with Crippen LogP contribution in [0.25, 0.3) is 0 Å². The highest BCUT2D eigenvalue weighted by Crippen LogP contribution is 2.14. The van der Waals surface area contributed by atoms with Gasteiger partial charge in [0.15, 0.2) is 0 Å². The SMILES string of the molecule is CCCCCCCCC(=O)Nc1ncc(N)cc1C. The molecular formula is C15H25N3O. The van der Waals surface area contributed by atoms with Crippen LogP contribution >= 0.6 is 0 Å². The van der Waals surface area contributed by atoms with Crippen molar-refractivity contribution in [3.8, 4) is 0 Å². The molecule has 3 N–H and O–H groups in total. The third kappa shape index (κ3) is 6.22. The van der Waals surface area contributed by atoms with Gasteiger partial charge < -0.3 is 11.1 Å². The lowest BCUT2D eigenvalue weighted by Gasteiger charge is -2.07. The predicted molar refractivity (Wildman–Crippen MR) is 80.0 cm³/mol. The van der Waals surface area contributed by atoms with Crippen LogP contribution in [0.15, 0.2) is 12.3 Å². The van der Waals surface area contributed by atoms with Crippen molar-refractivity contribution in [2.75, 3.05) is 11.1 Å². The number of hydrogen-bond donors (Lipinski definition) is 2. The zero-order valence-corrected chi connectivity index (χ0v) is 12.0. The molecule has 4 heteroatoms. The van der Waals surface area contributed by atoms with Gasteiger partial charge in [-0.15, -0.1) is 0 Å². The lowest BCUT2D eigenvalue weighted by Crippen LogP contribution is -2.13. The second-order valence-corrected chi connectivity index (χ2v) is 5.00. The van der Waals surface area contributed by atoms with E-state index in [2.05, 4.69) is 17.2 Å². The molecule has 0 aromatic carbocycles. The summed E-state index contributed by atoms with van der Waals surface area (Å²) in [4.78, 5) is 15.9. The zero-order chi connectivity index (χ0) is 14.1. The molecule has 0 bridgehead atoms. The number of carbonyl (C=O) groups excluding carboxylic acids is 1. The van der Waals surface area contributed by atoms with Crippen LogP contribution in [0.4, 0.5) is 11.5 Å². The number of nitrogens with one attached hydrogen (secondary N) is 1. The molecule has 4 nitrogen and oxygen atoms in total. The Kier molecular flexibility index (Phi) is 6.93. The number of aryl methyl sites for hydroxylation is 1. The molecule has 106 valence electrons. The van der Waals surface area contributed by atoms with Crippen molar-refractivity contribution in [3.63, 3.8) is 0 Å². The van der Waals surface area contributed by atoms with Crippen LogP contribution < -0.4 is 11.1 Å². The van der Waals surface area contributed by atoms with E-state index in [0.717, 1.165) is 18.4 Å². The zero-order valence-electron chi connectivity index (χ0n) is 12.0. The monoisotopic (exact) mass is 263 g/mol. The normalized spacial score (nSPS) is 10.4. The van der Waals surface area contributed by atoms with E-state index in [1.54, 1.807) is 6.20 Å². The summed E-state index contributed by atoms with van der Waals surface area (Å²) in [5.74, 6) is 0.654. The highest BCUT2D eigenvalue weighted by atomic mass is 16.1. The number of hydrogen-bond acceptors (Lipinski definition) is 3. The van der Waals surface area contributed by atoms with Gasteiger partial charge in [-0.1, -0.05) is 39.0 Å². The topological polar surface area (TPSA) is 68.0 Å². The minimum Gasteiger partial charge on any atom is -0.397 e. The predicted octanol–water partition coefficient (Wildman–Crippen LogP) is 3.66. The van der Waals surface area contributed by atoms with Gasteiger partial charge in [-0.25, -0.2) is 4.98 Å². The molecule has 0 unspecified atom stereocenters. The second kappa shape index (κ2) is 8.51. The maximum Gasteiger partial charge on any atom is 0.225 e. The van der Waals surface area contributed by atoms with Crippen molar-refractivity contribution < 1.29 is 4.79 Å². The smallest absolute Gasteiger partial charge is 0.225 e. The number of unbranched alkanes of at least 4 members (excludes halogenated alkanes) is 5. The molecule has 0 saturated heterocycles. The molecule has 1 aromatic rings. The number of anilines is 2. The van der Waals surface area contributed by atoms with Crippen molar-refractivity contribution in [3.05, 3.63) is 17.8 Å². The average Bonchev–Trinajstić information content (AvgIpc) is 2.37. The van der Waals surface area contributed by atoms with E-state index in [1.165, 1.54) is 25.7 Å². The molecular weight excluding hydrogens is 238 g/mol. The Hall–Kier alpha value is -1.58. The number of nitrogen functional groups attached to an aromatic ring is 1. The minimum absolute atomic E-state index is 0.0378. The molecule has 0 saturated carbocycles. The van der Waals surface area contributed by atoms with Crippen LogP contribution in [0.2, 0.25) is 0 Å². The largest absolute Gasteiger partial charge is 0.397 e. The molecule has 0 aliphatic heterocycles. The van der Waals surface area contributed by atoms with Crippen molar-refractivity contribution >= 4 is 17.4 Å². The maximum absolute atomic E-state index is 11.8. The van der Waals surface area contributed by atoms with E-state index in [1.807, 2.05) is 13.0 Å². The molecule has 1 rings (SSSR count). The van der Waals surface area contributed by atoms with Crippen LogP contribution in [-0.2, 0) is 4.79 Å². The Morgan fingerprint density at radius 2 is 1.95 bits per heavy atom. The van der Waals surface area contributed by atoms with Crippen molar-refractivity contribution in [1.82, 2.24) is 4.98 Å². The van der Waals surface area contributed by atoms with E-state index in [-0.39, 0.29) is 5.91 Å².